The van der Waals surface area contributed by atoms with Crippen LogP contribution in [0.5, 0.6) is 11.5 Å². The molecule has 0 aromatic heterocycles. The van der Waals surface area contributed by atoms with Gasteiger partial charge in [0.05, 0.1) is 25.2 Å². The first-order chi connectivity index (χ1) is 16.3. The molecule has 0 saturated heterocycles. The second-order valence-corrected chi connectivity index (χ2v) is 9.90. The van der Waals surface area contributed by atoms with E-state index >= 15 is 0 Å². The third kappa shape index (κ3) is 4.24. The first-order valence-electron chi connectivity index (χ1n) is 10.6. The number of aryl methyl sites for hydroxylation is 1. The maximum absolute atomic E-state index is 13.7. The molecule has 34 heavy (non-hydrogen) atoms. The van der Waals surface area contributed by atoms with Crippen LogP contribution in [0.2, 0.25) is 0 Å². The van der Waals surface area contributed by atoms with Crippen LogP contribution in [0.1, 0.15) is 22.7 Å². The van der Waals surface area contributed by atoms with Crippen LogP contribution in [0.4, 0.5) is 0 Å². The number of hydrogen-bond acceptors (Lipinski definition) is 6. The standard InChI is InChI=1S/C26H25NO6S/c1-17-4-14-22(15-5-17)34(30,31)25-23(19-8-12-21(33-3)13-9-19)27(26(29)24(25)28)16-18-6-10-20(32-2)11-7-18/h4-15,23,28H,16H2,1-3H3. The van der Waals surface area contributed by atoms with Crippen LogP contribution in [0.25, 0.3) is 0 Å². The largest absolute Gasteiger partial charge is 0.502 e. The lowest BCUT2D eigenvalue weighted by atomic mass is 10.1. The lowest BCUT2D eigenvalue weighted by Crippen LogP contribution is -2.30. The number of methoxy groups -OCH3 is 2. The molecule has 4 rings (SSSR count). The average Bonchev–Trinajstić information content (AvgIpc) is 3.10. The molecular formula is C26H25NO6S. The lowest BCUT2D eigenvalue weighted by Gasteiger charge is -2.27. The lowest BCUT2D eigenvalue weighted by molar-refractivity contribution is -0.130. The Morgan fingerprint density at radius 3 is 1.91 bits per heavy atom. The number of carbonyl (C=O) groups is 1. The summed E-state index contributed by atoms with van der Waals surface area (Å²) in [4.78, 5) is 14.2. The van der Waals surface area contributed by atoms with E-state index in [1.165, 1.54) is 24.1 Å². The number of ether oxygens (including phenoxy) is 2. The summed E-state index contributed by atoms with van der Waals surface area (Å²) >= 11 is 0. The summed E-state index contributed by atoms with van der Waals surface area (Å²) in [6.07, 6.45) is 0. The van der Waals surface area contributed by atoms with Crippen molar-refractivity contribution >= 4 is 15.7 Å². The van der Waals surface area contributed by atoms with E-state index in [0.717, 1.165) is 11.1 Å². The van der Waals surface area contributed by atoms with Gasteiger partial charge in [0, 0.05) is 6.54 Å². The van der Waals surface area contributed by atoms with Gasteiger partial charge in [-0.05, 0) is 54.4 Å². The quantitative estimate of drug-likeness (QED) is 0.542. The van der Waals surface area contributed by atoms with Crippen LogP contribution < -0.4 is 9.47 Å². The maximum Gasteiger partial charge on any atom is 0.290 e. The molecule has 0 radical (unpaired) electrons. The first kappa shape index (κ1) is 23.4. The van der Waals surface area contributed by atoms with Crippen LogP contribution in [0.3, 0.4) is 0 Å². The SMILES string of the molecule is COc1ccc(CN2C(=O)C(O)=C(S(=O)(=O)c3ccc(C)cc3)C2c2ccc(OC)cc2)cc1. The van der Waals surface area contributed by atoms with Crippen molar-refractivity contribution in [3.8, 4) is 11.5 Å². The van der Waals surface area contributed by atoms with E-state index < -0.39 is 27.5 Å². The zero-order valence-electron chi connectivity index (χ0n) is 19.1. The summed E-state index contributed by atoms with van der Waals surface area (Å²) in [5.74, 6) is -0.269. The molecule has 1 N–H and O–H groups in total. The van der Waals surface area contributed by atoms with Gasteiger partial charge in [0.2, 0.25) is 9.84 Å². The minimum absolute atomic E-state index is 0.0114. The monoisotopic (exact) mass is 479 g/mol. The van der Waals surface area contributed by atoms with Crippen LogP contribution in [-0.2, 0) is 21.2 Å². The van der Waals surface area contributed by atoms with Crippen molar-refractivity contribution in [1.82, 2.24) is 4.90 Å². The number of carbonyl (C=O) groups excluding carboxylic acids is 1. The molecule has 1 amide bonds. The highest BCUT2D eigenvalue weighted by Crippen LogP contribution is 2.43. The molecule has 1 heterocycles. The van der Waals surface area contributed by atoms with Crippen molar-refractivity contribution < 1.29 is 27.8 Å². The Morgan fingerprint density at radius 2 is 1.38 bits per heavy atom. The molecule has 176 valence electrons. The van der Waals surface area contributed by atoms with Gasteiger partial charge in [-0.25, -0.2) is 8.42 Å². The normalized spacial score (nSPS) is 16.1. The molecule has 1 aliphatic heterocycles. The summed E-state index contributed by atoms with van der Waals surface area (Å²) in [5.41, 5.74) is 2.19. The van der Waals surface area contributed by atoms with E-state index in [2.05, 4.69) is 0 Å². The fourth-order valence-electron chi connectivity index (χ4n) is 3.96. The molecule has 0 spiro atoms. The molecule has 0 bridgehead atoms. The van der Waals surface area contributed by atoms with Gasteiger partial charge in [0.1, 0.15) is 16.4 Å². The molecular weight excluding hydrogens is 454 g/mol. The molecule has 1 unspecified atom stereocenters. The van der Waals surface area contributed by atoms with Gasteiger partial charge in [0.15, 0.2) is 5.76 Å². The van der Waals surface area contributed by atoms with Gasteiger partial charge in [-0.2, -0.15) is 0 Å². The van der Waals surface area contributed by atoms with Crippen molar-refractivity contribution in [3.63, 3.8) is 0 Å². The van der Waals surface area contributed by atoms with Gasteiger partial charge in [-0.1, -0.05) is 42.0 Å². The van der Waals surface area contributed by atoms with Crippen molar-refractivity contribution in [2.24, 2.45) is 0 Å². The summed E-state index contributed by atoms with van der Waals surface area (Å²) in [5, 5.41) is 10.8. The van der Waals surface area contributed by atoms with Crippen molar-refractivity contribution in [3.05, 3.63) is 100 Å². The Labute approximate surface area is 198 Å². The highest BCUT2D eigenvalue weighted by molar-refractivity contribution is 7.95. The van der Waals surface area contributed by atoms with Crippen molar-refractivity contribution in [2.45, 2.75) is 24.4 Å². The highest BCUT2D eigenvalue weighted by atomic mass is 32.2. The number of rotatable bonds is 7. The minimum atomic E-state index is -4.17. The third-order valence-corrected chi connectivity index (χ3v) is 7.71. The molecule has 0 saturated carbocycles. The Hall–Kier alpha value is -3.78. The second-order valence-electron chi connectivity index (χ2n) is 7.99. The number of amides is 1. The molecule has 1 atom stereocenters. The molecule has 0 fully saturated rings. The summed E-state index contributed by atoms with van der Waals surface area (Å²) < 4.78 is 37.7. The summed E-state index contributed by atoms with van der Waals surface area (Å²) in [6, 6.07) is 19.2. The zero-order chi connectivity index (χ0) is 24.5. The zero-order valence-corrected chi connectivity index (χ0v) is 19.9. The van der Waals surface area contributed by atoms with E-state index in [1.54, 1.807) is 67.8 Å². The number of aliphatic hydroxyl groups is 1. The van der Waals surface area contributed by atoms with Crippen LogP contribution in [0, 0.1) is 6.92 Å². The average molecular weight is 480 g/mol. The van der Waals surface area contributed by atoms with Gasteiger partial charge in [-0.3, -0.25) is 4.79 Å². The Bertz CT molecular complexity index is 1330. The topological polar surface area (TPSA) is 93.1 Å². The van der Waals surface area contributed by atoms with Crippen molar-refractivity contribution in [2.75, 3.05) is 14.2 Å². The smallest absolute Gasteiger partial charge is 0.290 e. The van der Waals surface area contributed by atoms with E-state index in [0.29, 0.717) is 17.1 Å². The molecule has 1 aliphatic rings. The Balaban J connectivity index is 1.82. The molecule has 3 aromatic rings. The van der Waals surface area contributed by atoms with E-state index in [1.807, 2.05) is 6.92 Å². The van der Waals surface area contributed by atoms with Gasteiger partial charge in [0.25, 0.3) is 5.91 Å². The van der Waals surface area contributed by atoms with E-state index in [-0.39, 0.29) is 16.3 Å². The molecule has 8 heteroatoms. The van der Waals surface area contributed by atoms with E-state index in [9.17, 15) is 18.3 Å². The first-order valence-corrected chi connectivity index (χ1v) is 12.1. The van der Waals surface area contributed by atoms with Gasteiger partial charge >= 0.3 is 0 Å². The van der Waals surface area contributed by atoms with Crippen molar-refractivity contribution in [1.29, 1.82) is 0 Å². The number of nitrogens with zero attached hydrogens (tertiary/aromatic N) is 1. The highest BCUT2D eigenvalue weighted by Gasteiger charge is 2.46. The van der Waals surface area contributed by atoms with Gasteiger partial charge in [-0.15, -0.1) is 0 Å². The predicted molar refractivity (Wildman–Crippen MR) is 127 cm³/mol. The molecule has 0 aliphatic carbocycles. The van der Waals surface area contributed by atoms with Crippen LogP contribution in [0.15, 0.2) is 88.4 Å². The van der Waals surface area contributed by atoms with E-state index in [4.69, 9.17) is 9.47 Å². The predicted octanol–water partition coefficient (Wildman–Crippen LogP) is 4.34. The number of benzene rings is 3. The fourth-order valence-corrected chi connectivity index (χ4v) is 5.60. The fraction of sp³-hybridized carbons (Fsp3) is 0.192. The minimum Gasteiger partial charge on any atom is -0.502 e. The maximum atomic E-state index is 13.7. The Morgan fingerprint density at radius 1 is 0.853 bits per heavy atom. The second kappa shape index (κ2) is 9.23. The Kier molecular flexibility index (Phi) is 6.34. The number of sulfone groups is 1. The van der Waals surface area contributed by atoms with Crippen LogP contribution >= 0.6 is 0 Å². The third-order valence-electron chi connectivity index (χ3n) is 5.82. The molecule has 7 nitrogen and oxygen atoms in total. The number of hydrogen-bond donors (Lipinski definition) is 1. The summed E-state index contributed by atoms with van der Waals surface area (Å²) in [6.45, 7) is 1.94. The van der Waals surface area contributed by atoms with Crippen LogP contribution in [-0.4, -0.2) is 38.6 Å². The summed E-state index contributed by atoms with van der Waals surface area (Å²) in [7, 11) is -1.08. The van der Waals surface area contributed by atoms with Gasteiger partial charge < -0.3 is 19.5 Å². The number of aliphatic hydroxyl groups excluding tert-OH is 1. The molecule has 3 aromatic carbocycles.